The van der Waals surface area contributed by atoms with Gasteiger partial charge in [-0.1, -0.05) is 11.6 Å². The predicted molar refractivity (Wildman–Crippen MR) is 98.9 cm³/mol. The van der Waals surface area contributed by atoms with Crippen molar-refractivity contribution in [2.24, 2.45) is 4.99 Å². The first-order valence-electron chi connectivity index (χ1n) is 6.60. The number of rotatable bonds is 2. The smallest absolute Gasteiger partial charge is 0.412 e. The SMILES string of the molecule is CC(C)(C)OC(=O)Nc1ccc(N=c2ssnc2Cl)c(Br)c1C#N. The highest BCUT2D eigenvalue weighted by atomic mass is 79.9. The van der Waals surface area contributed by atoms with E-state index in [4.69, 9.17) is 16.3 Å². The minimum atomic E-state index is -0.636. The number of carbonyl (C=O) groups excluding carboxylic acids is 1. The molecule has 0 saturated carbocycles. The molecule has 2 rings (SSSR count). The van der Waals surface area contributed by atoms with Crippen molar-refractivity contribution in [3.05, 3.63) is 32.0 Å². The maximum absolute atomic E-state index is 11.9. The van der Waals surface area contributed by atoms with Crippen LogP contribution in [0.3, 0.4) is 0 Å². The molecule has 0 aliphatic rings. The summed E-state index contributed by atoms with van der Waals surface area (Å²) in [6.45, 7) is 5.28. The monoisotopic (exact) mass is 446 g/mol. The van der Waals surface area contributed by atoms with Gasteiger partial charge in [-0.25, -0.2) is 9.79 Å². The first kappa shape index (κ1) is 18.9. The summed E-state index contributed by atoms with van der Waals surface area (Å²) >= 11 is 9.29. The van der Waals surface area contributed by atoms with Crippen molar-refractivity contribution < 1.29 is 9.53 Å². The summed E-state index contributed by atoms with van der Waals surface area (Å²) < 4.78 is 10.2. The molecule has 0 unspecified atom stereocenters. The minimum Gasteiger partial charge on any atom is -0.444 e. The Hall–Kier alpha value is -1.47. The van der Waals surface area contributed by atoms with Crippen LogP contribution in [0.15, 0.2) is 21.6 Å². The molecule has 1 amide bonds. The zero-order valence-electron chi connectivity index (χ0n) is 12.9. The second kappa shape index (κ2) is 7.61. The number of nitriles is 1. The zero-order valence-corrected chi connectivity index (χ0v) is 16.9. The van der Waals surface area contributed by atoms with Crippen LogP contribution in [0.25, 0.3) is 0 Å². The van der Waals surface area contributed by atoms with E-state index in [1.807, 2.05) is 6.07 Å². The fourth-order valence-corrected chi connectivity index (χ4v) is 4.12. The first-order valence-corrected chi connectivity index (χ1v) is 9.88. The Bertz CT molecular complexity index is 880. The maximum Gasteiger partial charge on any atom is 0.412 e. The van der Waals surface area contributed by atoms with Crippen LogP contribution in [-0.2, 0) is 4.74 Å². The molecule has 0 bridgehead atoms. The number of amides is 1. The molecule has 6 nitrogen and oxygen atoms in total. The number of hydrogen-bond acceptors (Lipinski definition) is 7. The van der Waals surface area contributed by atoms with E-state index in [1.54, 1.807) is 32.9 Å². The van der Waals surface area contributed by atoms with Crippen molar-refractivity contribution in [3.8, 4) is 6.07 Å². The number of halogens is 2. The Balaban J connectivity index is 2.37. The molecular formula is C14H12BrClN4O2S2. The first-order chi connectivity index (χ1) is 11.2. The highest BCUT2D eigenvalue weighted by Gasteiger charge is 2.19. The molecule has 10 heteroatoms. The zero-order chi connectivity index (χ0) is 17.9. The molecule has 0 aliphatic heterocycles. The van der Waals surface area contributed by atoms with Crippen LogP contribution in [0.2, 0.25) is 5.15 Å². The Kier molecular flexibility index (Phi) is 5.98. The van der Waals surface area contributed by atoms with Crippen molar-refractivity contribution in [2.45, 2.75) is 26.4 Å². The fraction of sp³-hybridized carbons (Fsp3) is 0.286. The molecule has 2 aromatic rings. The molecule has 1 aromatic carbocycles. The van der Waals surface area contributed by atoms with Crippen LogP contribution in [0.1, 0.15) is 26.3 Å². The molecule has 0 saturated heterocycles. The van der Waals surface area contributed by atoms with E-state index in [0.717, 1.165) is 0 Å². The Morgan fingerprint density at radius 3 is 2.75 bits per heavy atom. The average molecular weight is 448 g/mol. The summed E-state index contributed by atoms with van der Waals surface area (Å²) in [5.41, 5.74) is 0.454. The number of aromatic nitrogens is 1. The summed E-state index contributed by atoms with van der Waals surface area (Å²) in [6, 6.07) is 5.30. The largest absolute Gasteiger partial charge is 0.444 e. The van der Waals surface area contributed by atoms with E-state index in [0.29, 0.717) is 25.7 Å². The Morgan fingerprint density at radius 1 is 1.50 bits per heavy atom. The van der Waals surface area contributed by atoms with Gasteiger partial charge in [-0.2, -0.15) is 9.64 Å². The summed E-state index contributed by atoms with van der Waals surface area (Å²) in [6.07, 6.45) is -0.636. The van der Waals surface area contributed by atoms with Crippen LogP contribution in [0.4, 0.5) is 16.2 Å². The number of nitrogens with zero attached hydrogens (tertiary/aromatic N) is 3. The summed E-state index contributed by atoms with van der Waals surface area (Å²) in [4.78, 5) is 16.3. The van der Waals surface area contributed by atoms with Gasteiger partial charge in [-0.3, -0.25) is 5.32 Å². The third-order valence-electron chi connectivity index (χ3n) is 2.50. The second-order valence-corrected chi connectivity index (χ2v) is 8.50. The van der Waals surface area contributed by atoms with Gasteiger partial charge in [0, 0.05) is 10.5 Å². The van der Waals surface area contributed by atoms with Gasteiger partial charge in [-0.15, -0.1) is 0 Å². The molecule has 24 heavy (non-hydrogen) atoms. The lowest BCUT2D eigenvalue weighted by atomic mass is 10.1. The second-order valence-electron chi connectivity index (χ2n) is 5.52. The van der Waals surface area contributed by atoms with Gasteiger partial charge < -0.3 is 4.74 Å². The molecule has 1 N–H and O–H groups in total. The van der Waals surface area contributed by atoms with E-state index in [1.165, 1.54) is 20.9 Å². The quantitative estimate of drug-likeness (QED) is 0.651. The van der Waals surface area contributed by atoms with E-state index in [-0.39, 0.29) is 5.56 Å². The standard InChI is InChI=1S/C14H12BrClN4O2S2/c1-14(2,3)22-13(21)19-8-4-5-9(10(15)7(8)6-17)18-12-11(16)20-24-23-12/h4-5H,1-3H3,(H,19,21). The number of hydrogen-bond donors (Lipinski definition) is 1. The molecule has 1 heterocycles. The topological polar surface area (TPSA) is 87.4 Å². The van der Waals surface area contributed by atoms with Crippen molar-refractivity contribution in [1.82, 2.24) is 4.37 Å². The van der Waals surface area contributed by atoms with Gasteiger partial charge in [0.1, 0.15) is 11.7 Å². The number of carbonyl (C=O) groups is 1. The van der Waals surface area contributed by atoms with Crippen LogP contribution in [-0.4, -0.2) is 16.1 Å². The maximum atomic E-state index is 11.9. The molecule has 0 radical (unpaired) electrons. The number of anilines is 1. The van der Waals surface area contributed by atoms with Crippen LogP contribution in [0.5, 0.6) is 0 Å². The third-order valence-corrected chi connectivity index (χ3v) is 5.47. The summed E-state index contributed by atoms with van der Waals surface area (Å²) in [5, 5.41) is 12.3. The molecular weight excluding hydrogens is 436 g/mol. The lowest BCUT2D eigenvalue weighted by molar-refractivity contribution is 0.0636. The Morgan fingerprint density at radius 2 is 2.21 bits per heavy atom. The van der Waals surface area contributed by atoms with Crippen LogP contribution in [0, 0.1) is 11.3 Å². The van der Waals surface area contributed by atoms with E-state index in [9.17, 15) is 10.1 Å². The molecule has 126 valence electrons. The van der Waals surface area contributed by atoms with Gasteiger partial charge in [0.05, 0.1) is 21.4 Å². The lowest BCUT2D eigenvalue weighted by Gasteiger charge is -2.20. The highest BCUT2D eigenvalue weighted by Crippen LogP contribution is 2.34. The van der Waals surface area contributed by atoms with E-state index >= 15 is 0 Å². The number of benzene rings is 1. The van der Waals surface area contributed by atoms with Crippen molar-refractivity contribution >= 4 is 65.9 Å². The lowest BCUT2D eigenvalue weighted by Crippen LogP contribution is -2.27. The van der Waals surface area contributed by atoms with Crippen molar-refractivity contribution in [1.29, 1.82) is 5.26 Å². The normalized spacial score (nSPS) is 11.9. The third kappa shape index (κ3) is 4.77. The van der Waals surface area contributed by atoms with Gasteiger partial charge >= 0.3 is 6.09 Å². The molecule has 0 spiro atoms. The number of nitrogens with one attached hydrogen (secondary N) is 1. The van der Waals surface area contributed by atoms with E-state index < -0.39 is 11.7 Å². The summed E-state index contributed by atoms with van der Waals surface area (Å²) in [7, 11) is 2.56. The van der Waals surface area contributed by atoms with Crippen LogP contribution < -0.4 is 9.99 Å². The van der Waals surface area contributed by atoms with E-state index in [2.05, 4.69) is 30.6 Å². The minimum absolute atomic E-state index is 0.242. The molecule has 0 atom stereocenters. The Labute approximate surface area is 159 Å². The van der Waals surface area contributed by atoms with Crippen molar-refractivity contribution in [3.63, 3.8) is 0 Å². The molecule has 0 aliphatic carbocycles. The summed E-state index contributed by atoms with van der Waals surface area (Å²) in [5.74, 6) is 0. The van der Waals surface area contributed by atoms with Gasteiger partial charge in [0.15, 0.2) is 9.82 Å². The van der Waals surface area contributed by atoms with Crippen LogP contribution >= 0.6 is 48.4 Å². The molecule has 0 fully saturated rings. The van der Waals surface area contributed by atoms with Gasteiger partial charge in [0.2, 0.25) is 0 Å². The van der Waals surface area contributed by atoms with Gasteiger partial charge in [-0.05, 0) is 59.2 Å². The molecule has 1 aromatic heterocycles. The van der Waals surface area contributed by atoms with Crippen molar-refractivity contribution in [2.75, 3.05) is 5.32 Å². The predicted octanol–water partition coefficient (Wildman–Crippen LogP) is 5.07. The average Bonchev–Trinajstić information content (AvgIpc) is 2.85. The van der Waals surface area contributed by atoms with Gasteiger partial charge in [0.25, 0.3) is 0 Å². The fourth-order valence-electron chi connectivity index (χ4n) is 1.61. The number of ether oxygens (including phenoxy) is 1. The highest BCUT2D eigenvalue weighted by molar-refractivity contribution is 9.10.